The van der Waals surface area contributed by atoms with E-state index in [-0.39, 0.29) is 30.2 Å². The molecule has 0 aromatic heterocycles. The van der Waals surface area contributed by atoms with Crippen LogP contribution < -0.4 is 15.0 Å². The van der Waals surface area contributed by atoms with Gasteiger partial charge in [-0.2, -0.15) is 0 Å². The van der Waals surface area contributed by atoms with Crippen molar-refractivity contribution < 1.29 is 48.0 Å². The number of benzene rings is 1. The zero-order chi connectivity index (χ0) is 37.1. The zero-order valence-electron chi connectivity index (χ0n) is 30.3. The number of hydrogen-bond donors (Lipinski definition) is 2. The van der Waals surface area contributed by atoms with Gasteiger partial charge in [0.05, 0.1) is 25.3 Å². The van der Waals surface area contributed by atoms with Crippen LogP contribution in [0.5, 0.6) is 5.75 Å². The summed E-state index contributed by atoms with van der Waals surface area (Å²) >= 11 is 6.74. The molecule has 0 aliphatic carbocycles. The number of fused-ring (bicyclic) bond motifs is 5. The van der Waals surface area contributed by atoms with Gasteiger partial charge < -0.3 is 38.6 Å². The molecular weight excluding hydrogens is 670 g/mol. The fourth-order valence-electron chi connectivity index (χ4n) is 6.61. The molecule has 4 rings (SSSR count). The minimum Gasteiger partial charge on any atom is -0.495 e. The molecule has 2 fully saturated rings. The molecule has 14 heteroatoms. The van der Waals surface area contributed by atoms with Gasteiger partial charge in [-0.1, -0.05) is 49.2 Å². The summed E-state index contributed by atoms with van der Waals surface area (Å²) in [7, 11) is 6.03. The highest BCUT2D eigenvalue weighted by atomic mass is 35.5. The first-order valence-electron chi connectivity index (χ1n) is 16.8. The Morgan fingerprint density at radius 3 is 2.60 bits per heavy atom. The third-order valence-corrected chi connectivity index (χ3v) is 10.4. The molecular formula is C36H50ClN3O10. The number of nitrogens with one attached hydrogen (secondary N) is 1. The highest BCUT2D eigenvalue weighted by molar-refractivity contribution is 6.35. The third-order valence-electron chi connectivity index (χ3n) is 9.99. The number of methoxy groups -OCH3 is 2. The second kappa shape index (κ2) is 15.7. The Hall–Kier alpha value is -3.65. The molecule has 2 saturated heterocycles. The van der Waals surface area contributed by atoms with E-state index < -0.39 is 65.7 Å². The summed E-state index contributed by atoms with van der Waals surface area (Å²) < 4.78 is 29.1. The number of esters is 1. The number of nitrogens with zero attached hydrogens (tertiary/aromatic N) is 2. The first-order chi connectivity index (χ1) is 23.5. The molecule has 2 N–H and O–H groups in total. The van der Waals surface area contributed by atoms with Crippen LogP contribution in [0, 0.1) is 5.92 Å². The van der Waals surface area contributed by atoms with E-state index in [1.54, 1.807) is 52.1 Å². The van der Waals surface area contributed by atoms with Crippen molar-refractivity contribution in [3.05, 3.63) is 46.5 Å². The smallest absolute Gasteiger partial charge is 0.409 e. The van der Waals surface area contributed by atoms with E-state index in [9.17, 15) is 24.3 Å². The van der Waals surface area contributed by atoms with Crippen LogP contribution in [0.25, 0.3) is 0 Å². The highest BCUT2D eigenvalue weighted by Gasteiger charge is 2.64. The maximum absolute atomic E-state index is 14.0. The Kier molecular flexibility index (Phi) is 12.3. The lowest BCUT2D eigenvalue weighted by molar-refractivity contribution is -0.162. The van der Waals surface area contributed by atoms with E-state index in [2.05, 4.69) is 5.32 Å². The Bertz CT molecular complexity index is 1530. The van der Waals surface area contributed by atoms with E-state index in [4.69, 9.17) is 35.3 Å². The van der Waals surface area contributed by atoms with Gasteiger partial charge in [0.15, 0.2) is 5.72 Å². The lowest BCUT2D eigenvalue weighted by Crippen LogP contribution is -2.63. The fourth-order valence-corrected chi connectivity index (χ4v) is 6.92. The summed E-state index contributed by atoms with van der Waals surface area (Å²) in [5.74, 6) is -1.49. The van der Waals surface area contributed by atoms with Crippen LogP contribution in [0.2, 0.25) is 5.02 Å². The van der Waals surface area contributed by atoms with Crippen molar-refractivity contribution in [3.63, 3.8) is 0 Å². The maximum Gasteiger partial charge on any atom is 0.409 e. The number of epoxide rings is 1. The normalized spacial score (nSPS) is 32.3. The average molecular weight is 720 g/mol. The van der Waals surface area contributed by atoms with E-state index in [0.717, 1.165) is 11.1 Å². The molecule has 4 bridgehead atoms. The number of rotatable bonds is 7. The Labute approximate surface area is 298 Å². The van der Waals surface area contributed by atoms with Crippen LogP contribution in [0.15, 0.2) is 35.9 Å². The van der Waals surface area contributed by atoms with Crippen molar-refractivity contribution in [2.45, 2.75) is 109 Å². The van der Waals surface area contributed by atoms with E-state index >= 15 is 0 Å². The first kappa shape index (κ1) is 39.1. The van der Waals surface area contributed by atoms with Crippen molar-refractivity contribution >= 4 is 41.2 Å². The van der Waals surface area contributed by atoms with Crippen molar-refractivity contribution in [1.82, 2.24) is 10.2 Å². The van der Waals surface area contributed by atoms with Crippen LogP contribution in [-0.2, 0) is 39.8 Å². The molecule has 3 amide bonds. The van der Waals surface area contributed by atoms with Gasteiger partial charge in [-0.15, -0.1) is 0 Å². The number of hydrogen-bond acceptors (Lipinski definition) is 10. The molecule has 1 aromatic rings. The van der Waals surface area contributed by atoms with Crippen LogP contribution >= 0.6 is 11.6 Å². The van der Waals surface area contributed by atoms with Gasteiger partial charge in [0.25, 0.3) is 0 Å². The molecule has 276 valence electrons. The summed E-state index contributed by atoms with van der Waals surface area (Å²) in [4.78, 5) is 55.7. The van der Waals surface area contributed by atoms with Gasteiger partial charge in [0.2, 0.25) is 11.8 Å². The maximum atomic E-state index is 14.0. The summed E-state index contributed by atoms with van der Waals surface area (Å²) in [6.45, 7) is 8.88. The van der Waals surface area contributed by atoms with E-state index in [1.165, 1.54) is 31.1 Å². The minimum absolute atomic E-state index is 0.0426. The van der Waals surface area contributed by atoms with E-state index in [1.807, 2.05) is 19.9 Å². The number of anilines is 1. The predicted octanol–water partition coefficient (Wildman–Crippen LogP) is 4.31. The minimum atomic E-state index is -1.82. The molecule has 8 atom stereocenters. The average Bonchev–Trinajstić information content (AvgIpc) is 3.76. The summed E-state index contributed by atoms with van der Waals surface area (Å²) in [5, 5.41) is 14.4. The highest BCUT2D eigenvalue weighted by Crippen LogP contribution is 2.49. The first-order valence-corrected chi connectivity index (χ1v) is 17.2. The van der Waals surface area contributed by atoms with Crippen molar-refractivity contribution in [2.24, 2.45) is 5.92 Å². The monoisotopic (exact) mass is 719 g/mol. The molecule has 0 spiro atoms. The van der Waals surface area contributed by atoms with Gasteiger partial charge in [-0.05, 0) is 51.3 Å². The van der Waals surface area contributed by atoms with Crippen LogP contribution in [0.1, 0.15) is 65.9 Å². The quantitative estimate of drug-likeness (QED) is 0.308. The van der Waals surface area contributed by atoms with E-state index in [0.29, 0.717) is 24.3 Å². The Morgan fingerprint density at radius 1 is 1.26 bits per heavy atom. The number of aliphatic hydroxyl groups is 1. The van der Waals surface area contributed by atoms with Crippen molar-refractivity contribution in [3.8, 4) is 5.75 Å². The lowest BCUT2D eigenvalue weighted by Gasteiger charge is -2.42. The topological polar surface area (TPSA) is 156 Å². The molecule has 50 heavy (non-hydrogen) atoms. The molecule has 3 aliphatic heterocycles. The zero-order valence-corrected chi connectivity index (χ0v) is 31.0. The summed E-state index contributed by atoms with van der Waals surface area (Å²) in [6.07, 6.45) is 1.91. The number of amides is 3. The molecule has 3 aliphatic rings. The molecule has 0 radical (unpaired) electrons. The molecule has 1 aromatic carbocycles. The van der Waals surface area contributed by atoms with Crippen LogP contribution in [0.3, 0.4) is 0 Å². The van der Waals surface area contributed by atoms with Crippen LogP contribution in [0.4, 0.5) is 10.5 Å². The summed E-state index contributed by atoms with van der Waals surface area (Å²) in [5.41, 5.74) is -0.868. The fraction of sp³-hybridized carbons (Fsp3) is 0.611. The number of likely N-dealkylation sites (N-methyl/N-ethyl adjacent to an activating group) is 1. The third kappa shape index (κ3) is 8.28. The predicted molar refractivity (Wildman–Crippen MR) is 186 cm³/mol. The van der Waals surface area contributed by atoms with Gasteiger partial charge in [-0.25, -0.2) is 9.59 Å². The Morgan fingerprint density at radius 2 is 1.96 bits per heavy atom. The molecule has 13 nitrogen and oxygen atoms in total. The van der Waals surface area contributed by atoms with Crippen molar-refractivity contribution in [1.29, 1.82) is 0 Å². The van der Waals surface area contributed by atoms with Gasteiger partial charge in [0, 0.05) is 40.0 Å². The van der Waals surface area contributed by atoms with Gasteiger partial charge in [0.1, 0.15) is 40.7 Å². The number of halogens is 1. The van der Waals surface area contributed by atoms with Crippen LogP contribution in [-0.4, -0.2) is 104 Å². The van der Waals surface area contributed by atoms with Gasteiger partial charge in [-0.3, -0.25) is 14.9 Å². The number of allylic oxidation sites excluding steroid dienone is 3. The lowest BCUT2D eigenvalue weighted by atomic mass is 9.83. The number of carbonyl (C=O) groups is 4. The summed E-state index contributed by atoms with van der Waals surface area (Å²) in [6, 6.07) is 2.65. The van der Waals surface area contributed by atoms with Crippen molar-refractivity contribution in [2.75, 3.05) is 33.2 Å². The molecule has 0 saturated carbocycles. The molecule has 3 heterocycles. The Balaban J connectivity index is 1.78. The number of carbonyl (C=O) groups excluding carboxylic acids is 4. The molecule has 0 unspecified atom stereocenters. The number of alkyl carbamates (subject to hydrolysis) is 1. The largest absolute Gasteiger partial charge is 0.495 e. The number of ether oxygens (including phenoxy) is 5. The second-order valence-corrected chi connectivity index (χ2v) is 14.0. The second-order valence-electron chi connectivity index (χ2n) is 13.7. The van der Waals surface area contributed by atoms with Gasteiger partial charge >= 0.3 is 12.1 Å². The SMILES string of the molecule is CCCC(=O)N(C)[C@@H](C)C(=O)O[C@H]1CC(=O)N(C)c2cc(cc(OC)c2Cl)C/C(C)=C/C=C/[C@@H](OC)[C@@]2(O)C[C@H](OC(=O)N2)[C@@H](C)[C@@H]2O[C@@]12C. The standard InChI is InChI=1S/C36H50ClN3O10/c1-10-12-29(41)39(6)22(4)33(43)49-28-18-30(42)40(7)24-16-23(17-25(46-8)31(24)37)15-20(2)13-11-14-27(47-9)36(45)19-26(48-34(44)38-36)21(3)32-35(28,5)50-32/h11,13-14,16-17,21-22,26-28,32,45H,10,12,15,18-19H2,1-9H3,(H,38,44)/b14-11+,20-13+/t21-,22+,26+,27-,28+,32+,35+,36+/m1/s1.